The van der Waals surface area contributed by atoms with Gasteiger partial charge in [-0.05, 0) is 43.5 Å². The van der Waals surface area contributed by atoms with Gasteiger partial charge in [-0.25, -0.2) is 4.39 Å². The first-order chi connectivity index (χ1) is 8.20. The van der Waals surface area contributed by atoms with Gasteiger partial charge in [-0.1, -0.05) is 12.5 Å². The van der Waals surface area contributed by atoms with Gasteiger partial charge in [-0.15, -0.1) is 0 Å². The minimum absolute atomic E-state index is 0.0248. The van der Waals surface area contributed by atoms with Crippen molar-refractivity contribution in [3.05, 3.63) is 30.1 Å². The molecule has 4 heteroatoms. The molecule has 0 aliphatic heterocycles. The van der Waals surface area contributed by atoms with E-state index in [0.717, 1.165) is 19.3 Å². The zero-order chi connectivity index (χ0) is 12.3. The molecule has 0 heterocycles. The molecule has 3 N–H and O–H groups in total. The Morgan fingerprint density at radius 1 is 1.47 bits per heavy atom. The van der Waals surface area contributed by atoms with Gasteiger partial charge in [0.25, 0.3) is 0 Å². The maximum Gasteiger partial charge on any atom is 0.227 e. The molecule has 17 heavy (non-hydrogen) atoms. The van der Waals surface area contributed by atoms with Crippen molar-refractivity contribution in [1.29, 1.82) is 0 Å². The zero-order valence-corrected chi connectivity index (χ0v) is 9.66. The van der Waals surface area contributed by atoms with Crippen LogP contribution in [0.2, 0.25) is 0 Å². The fourth-order valence-corrected chi connectivity index (χ4v) is 2.47. The van der Waals surface area contributed by atoms with E-state index in [9.17, 15) is 9.18 Å². The SMILES string of the molecule is NCC1CCCC1C(=O)Nc1cccc(F)c1. The van der Waals surface area contributed by atoms with E-state index >= 15 is 0 Å². The Kier molecular flexibility index (Phi) is 3.74. The summed E-state index contributed by atoms with van der Waals surface area (Å²) >= 11 is 0. The number of halogens is 1. The Labute approximate surface area is 100 Å². The van der Waals surface area contributed by atoms with Crippen LogP contribution in [0.1, 0.15) is 19.3 Å². The van der Waals surface area contributed by atoms with E-state index in [4.69, 9.17) is 5.73 Å². The van der Waals surface area contributed by atoms with Crippen molar-refractivity contribution < 1.29 is 9.18 Å². The highest BCUT2D eigenvalue weighted by atomic mass is 19.1. The molecule has 0 aromatic heterocycles. The Bertz CT molecular complexity index is 408. The number of benzene rings is 1. The first kappa shape index (κ1) is 12.0. The van der Waals surface area contributed by atoms with Crippen molar-refractivity contribution in [2.45, 2.75) is 19.3 Å². The van der Waals surface area contributed by atoms with Crippen LogP contribution in [0.4, 0.5) is 10.1 Å². The highest BCUT2D eigenvalue weighted by Crippen LogP contribution is 2.31. The fraction of sp³-hybridized carbons (Fsp3) is 0.462. The topological polar surface area (TPSA) is 55.1 Å². The normalized spacial score (nSPS) is 23.6. The zero-order valence-electron chi connectivity index (χ0n) is 9.66. The van der Waals surface area contributed by atoms with E-state index in [1.807, 2.05) is 0 Å². The quantitative estimate of drug-likeness (QED) is 0.844. The van der Waals surface area contributed by atoms with Gasteiger partial charge in [0.05, 0.1) is 0 Å². The monoisotopic (exact) mass is 236 g/mol. The average Bonchev–Trinajstić information content (AvgIpc) is 2.77. The number of nitrogens with one attached hydrogen (secondary N) is 1. The van der Waals surface area contributed by atoms with Crippen LogP contribution >= 0.6 is 0 Å². The van der Waals surface area contributed by atoms with Crippen LogP contribution in [-0.4, -0.2) is 12.5 Å². The lowest BCUT2D eigenvalue weighted by molar-refractivity contribution is -0.120. The number of amides is 1. The van der Waals surface area contributed by atoms with E-state index < -0.39 is 0 Å². The second-order valence-electron chi connectivity index (χ2n) is 4.53. The van der Waals surface area contributed by atoms with E-state index in [1.54, 1.807) is 12.1 Å². The second kappa shape index (κ2) is 5.27. The second-order valence-corrected chi connectivity index (χ2v) is 4.53. The predicted molar refractivity (Wildman–Crippen MR) is 64.9 cm³/mol. The Morgan fingerprint density at radius 2 is 2.29 bits per heavy atom. The molecule has 3 nitrogen and oxygen atoms in total. The minimum Gasteiger partial charge on any atom is -0.330 e. The summed E-state index contributed by atoms with van der Waals surface area (Å²) < 4.78 is 13.0. The summed E-state index contributed by atoms with van der Waals surface area (Å²) in [5.41, 5.74) is 6.15. The summed E-state index contributed by atoms with van der Waals surface area (Å²) in [5.74, 6) is -0.139. The molecule has 1 aliphatic rings. The lowest BCUT2D eigenvalue weighted by Gasteiger charge is -2.17. The number of anilines is 1. The summed E-state index contributed by atoms with van der Waals surface area (Å²) in [6.45, 7) is 0.543. The number of hydrogen-bond acceptors (Lipinski definition) is 2. The predicted octanol–water partition coefficient (Wildman–Crippen LogP) is 2.14. The van der Waals surface area contributed by atoms with E-state index in [0.29, 0.717) is 12.2 Å². The maximum absolute atomic E-state index is 13.0. The molecular formula is C13H17FN2O. The molecule has 2 unspecified atom stereocenters. The summed E-state index contributed by atoms with van der Waals surface area (Å²) in [5, 5.41) is 2.75. The number of rotatable bonds is 3. The number of nitrogens with two attached hydrogens (primary N) is 1. The van der Waals surface area contributed by atoms with E-state index in [-0.39, 0.29) is 23.6 Å². The maximum atomic E-state index is 13.0. The lowest BCUT2D eigenvalue weighted by atomic mass is 9.95. The standard InChI is InChI=1S/C13H17FN2O/c14-10-4-2-5-11(7-10)16-13(17)12-6-1-3-9(12)8-15/h2,4-5,7,9,12H,1,3,6,8,15H2,(H,16,17). The molecule has 0 saturated heterocycles. The molecule has 1 aromatic rings. The third kappa shape index (κ3) is 2.82. The summed E-state index contributed by atoms with van der Waals surface area (Å²) in [6.07, 6.45) is 2.93. The van der Waals surface area contributed by atoms with E-state index in [1.165, 1.54) is 12.1 Å². The van der Waals surface area contributed by atoms with Gasteiger partial charge in [-0.3, -0.25) is 4.79 Å². The molecule has 0 radical (unpaired) electrons. The van der Waals surface area contributed by atoms with Gasteiger partial charge in [0.15, 0.2) is 0 Å². The Balaban J connectivity index is 2.01. The summed E-state index contributed by atoms with van der Waals surface area (Å²) in [4.78, 5) is 12.0. The third-order valence-corrected chi connectivity index (χ3v) is 3.39. The molecule has 2 rings (SSSR count). The van der Waals surface area contributed by atoms with Crippen LogP contribution in [0.25, 0.3) is 0 Å². The molecule has 1 saturated carbocycles. The lowest BCUT2D eigenvalue weighted by Crippen LogP contribution is -2.29. The van der Waals surface area contributed by atoms with Crippen molar-refractivity contribution in [3.8, 4) is 0 Å². The van der Waals surface area contributed by atoms with Crippen molar-refractivity contribution in [2.75, 3.05) is 11.9 Å². The smallest absolute Gasteiger partial charge is 0.227 e. The highest BCUT2D eigenvalue weighted by Gasteiger charge is 2.31. The third-order valence-electron chi connectivity index (χ3n) is 3.39. The summed E-state index contributed by atoms with van der Waals surface area (Å²) in [6, 6.07) is 5.95. The van der Waals surface area contributed by atoms with Crippen LogP contribution in [-0.2, 0) is 4.79 Å². The van der Waals surface area contributed by atoms with Gasteiger partial charge in [-0.2, -0.15) is 0 Å². The van der Waals surface area contributed by atoms with Crippen LogP contribution in [0, 0.1) is 17.7 Å². The number of carbonyl (C=O) groups excluding carboxylic acids is 1. The van der Waals surface area contributed by atoms with Crippen molar-refractivity contribution in [3.63, 3.8) is 0 Å². The molecule has 1 fully saturated rings. The number of carbonyl (C=O) groups is 1. The first-order valence-corrected chi connectivity index (χ1v) is 5.97. The van der Waals surface area contributed by atoms with E-state index in [2.05, 4.69) is 5.32 Å². The average molecular weight is 236 g/mol. The van der Waals surface area contributed by atoms with Gasteiger partial charge in [0.2, 0.25) is 5.91 Å². The van der Waals surface area contributed by atoms with Crippen molar-refractivity contribution >= 4 is 11.6 Å². The van der Waals surface area contributed by atoms with Gasteiger partial charge in [0.1, 0.15) is 5.82 Å². The molecule has 1 amide bonds. The van der Waals surface area contributed by atoms with Crippen molar-refractivity contribution in [2.24, 2.45) is 17.6 Å². The molecule has 1 aromatic carbocycles. The van der Waals surface area contributed by atoms with Crippen LogP contribution in [0.3, 0.4) is 0 Å². The molecule has 0 spiro atoms. The Morgan fingerprint density at radius 3 is 3.00 bits per heavy atom. The largest absolute Gasteiger partial charge is 0.330 e. The van der Waals surface area contributed by atoms with Gasteiger partial charge in [0, 0.05) is 11.6 Å². The van der Waals surface area contributed by atoms with Crippen LogP contribution in [0.5, 0.6) is 0 Å². The molecule has 1 aliphatic carbocycles. The van der Waals surface area contributed by atoms with Crippen LogP contribution in [0.15, 0.2) is 24.3 Å². The molecule has 92 valence electrons. The molecule has 2 atom stereocenters. The summed E-state index contributed by atoms with van der Waals surface area (Å²) in [7, 11) is 0. The minimum atomic E-state index is -0.343. The Hall–Kier alpha value is -1.42. The molecule has 0 bridgehead atoms. The van der Waals surface area contributed by atoms with Crippen LogP contribution < -0.4 is 11.1 Å². The van der Waals surface area contributed by atoms with Gasteiger partial charge < -0.3 is 11.1 Å². The van der Waals surface area contributed by atoms with Gasteiger partial charge >= 0.3 is 0 Å². The first-order valence-electron chi connectivity index (χ1n) is 5.97. The van der Waals surface area contributed by atoms with Crippen molar-refractivity contribution in [1.82, 2.24) is 0 Å². The fourth-order valence-electron chi connectivity index (χ4n) is 2.47. The molecular weight excluding hydrogens is 219 g/mol. The highest BCUT2D eigenvalue weighted by molar-refractivity contribution is 5.92. The number of hydrogen-bond donors (Lipinski definition) is 2.